The lowest BCUT2D eigenvalue weighted by molar-refractivity contribution is 0.318. The molecule has 106 valence electrons. The average molecular weight is 272 g/mol. The van der Waals surface area contributed by atoms with Crippen molar-refractivity contribution in [1.82, 2.24) is 9.97 Å². The number of nitrogens with one attached hydrogen (secondary N) is 1. The minimum atomic E-state index is 0.601. The van der Waals surface area contributed by atoms with Gasteiger partial charge in [0.15, 0.2) is 0 Å². The summed E-state index contributed by atoms with van der Waals surface area (Å²) in [6.07, 6.45) is 4.49. The summed E-state index contributed by atoms with van der Waals surface area (Å²) in [6.45, 7) is 5.28. The largest absolute Gasteiger partial charge is 0.493 e. The molecule has 0 saturated heterocycles. The second-order valence-electron chi connectivity index (χ2n) is 4.64. The van der Waals surface area contributed by atoms with Crippen LogP contribution in [0.1, 0.15) is 24.7 Å². The maximum atomic E-state index is 5.87. The van der Waals surface area contributed by atoms with Crippen molar-refractivity contribution in [2.24, 2.45) is 0 Å². The first-order valence-electron chi connectivity index (χ1n) is 6.72. The predicted molar refractivity (Wildman–Crippen MR) is 80.7 cm³/mol. The Bertz CT molecular complexity index is 554. The van der Waals surface area contributed by atoms with E-state index in [1.165, 1.54) is 0 Å². The van der Waals surface area contributed by atoms with Gasteiger partial charge < -0.3 is 15.8 Å². The van der Waals surface area contributed by atoms with Gasteiger partial charge in [0.2, 0.25) is 0 Å². The molecule has 20 heavy (non-hydrogen) atoms. The molecule has 1 aromatic carbocycles. The summed E-state index contributed by atoms with van der Waals surface area (Å²) in [5.41, 5.74) is 9.26. The lowest BCUT2D eigenvalue weighted by Crippen LogP contribution is -2.04. The Morgan fingerprint density at radius 3 is 2.75 bits per heavy atom. The third-order valence-electron chi connectivity index (χ3n) is 2.71. The van der Waals surface area contributed by atoms with Crippen LogP contribution < -0.4 is 15.8 Å². The molecule has 0 aliphatic heterocycles. The zero-order valence-corrected chi connectivity index (χ0v) is 11.9. The minimum Gasteiger partial charge on any atom is -0.493 e. The molecular weight excluding hydrogens is 252 g/mol. The van der Waals surface area contributed by atoms with Gasteiger partial charge in [-0.25, -0.2) is 0 Å². The number of aryl methyl sites for hydroxylation is 1. The molecule has 0 fully saturated rings. The molecule has 2 aromatic rings. The van der Waals surface area contributed by atoms with Crippen LogP contribution >= 0.6 is 0 Å². The van der Waals surface area contributed by atoms with E-state index in [0.29, 0.717) is 18.8 Å². The number of rotatable bonds is 6. The third kappa shape index (κ3) is 4.12. The second-order valence-corrected chi connectivity index (χ2v) is 4.64. The molecule has 0 unspecified atom stereocenters. The molecule has 0 atom stereocenters. The summed E-state index contributed by atoms with van der Waals surface area (Å²) < 4.78 is 5.60. The molecule has 0 spiro atoms. The Hall–Kier alpha value is -2.30. The summed E-state index contributed by atoms with van der Waals surface area (Å²) in [7, 11) is 0. The molecule has 2 rings (SSSR count). The van der Waals surface area contributed by atoms with Gasteiger partial charge in [-0.15, -0.1) is 0 Å². The van der Waals surface area contributed by atoms with E-state index in [-0.39, 0.29) is 0 Å². The van der Waals surface area contributed by atoms with E-state index in [0.717, 1.165) is 29.2 Å². The van der Waals surface area contributed by atoms with Crippen LogP contribution in [0.25, 0.3) is 0 Å². The van der Waals surface area contributed by atoms with Crippen LogP contribution in [-0.2, 0) is 6.54 Å². The van der Waals surface area contributed by atoms with Crippen molar-refractivity contribution in [2.45, 2.75) is 26.8 Å². The van der Waals surface area contributed by atoms with E-state index in [2.05, 4.69) is 22.2 Å². The monoisotopic (exact) mass is 272 g/mol. The summed E-state index contributed by atoms with van der Waals surface area (Å²) in [5.74, 6) is 0.782. The van der Waals surface area contributed by atoms with E-state index >= 15 is 0 Å². The Labute approximate surface area is 119 Å². The van der Waals surface area contributed by atoms with Crippen molar-refractivity contribution in [3.63, 3.8) is 0 Å². The van der Waals surface area contributed by atoms with Crippen molar-refractivity contribution in [1.29, 1.82) is 0 Å². The van der Waals surface area contributed by atoms with Crippen LogP contribution in [0.15, 0.2) is 30.6 Å². The van der Waals surface area contributed by atoms with Crippen LogP contribution in [0.3, 0.4) is 0 Å². The van der Waals surface area contributed by atoms with Gasteiger partial charge in [-0.3, -0.25) is 9.97 Å². The number of nitrogens with zero attached hydrogens (tertiary/aromatic N) is 2. The molecule has 0 radical (unpaired) electrons. The van der Waals surface area contributed by atoms with E-state index in [1.54, 1.807) is 12.4 Å². The number of aromatic nitrogens is 2. The fourth-order valence-corrected chi connectivity index (χ4v) is 1.73. The van der Waals surface area contributed by atoms with E-state index in [4.69, 9.17) is 10.5 Å². The topological polar surface area (TPSA) is 73.1 Å². The van der Waals surface area contributed by atoms with Gasteiger partial charge in [-0.05, 0) is 19.4 Å². The SMILES string of the molecule is CCCOc1cc(N)cc(NCc2cnc(C)cn2)c1. The van der Waals surface area contributed by atoms with Crippen molar-refractivity contribution in [2.75, 3.05) is 17.7 Å². The normalized spacial score (nSPS) is 10.3. The highest BCUT2D eigenvalue weighted by molar-refractivity contribution is 5.59. The number of benzene rings is 1. The van der Waals surface area contributed by atoms with Crippen LogP contribution in [0.5, 0.6) is 5.75 Å². The molecule has 0 aliphatic carbocycles. The lowest BCUT2D eigenvalue weighted by Gasteiger charge is -2.10. The molecule has 0 bridgehead atoms. The van der Waals surface area contributed by atoms with Crippen molar-refractivity contribution in [3.05, 3.63) is 42.0 Å². The zero-order valence-electron chi connectivity index (χ0n) is 11.9. The van der Waals surface area contributed by atoms with Gasteiger partial charge in [0.05, 0.1) is 30.7 Å². The summed E-state index contributed by atoms with van der Waals surface area (Å²) in [6, 6.07) is 5.64. The van der Waals surface area contributed by atoms with E-state index in [9.17, 15) is 0 Å². The Morgan fingerprint density at radius 1 is 1.20 bits per heavy atom. The highest BCUT2D eigenvalue weighted by Crippen LogP contribution is 2.23. The molecule has 5 heteroatoms. The molecule has 0 aliphatic rings. The van der Waals surface area contributed by atoms with Crippen molar-refractivity contribution >= 4 is 11.4 Å². The standard InChI is InChI=1S/C15H20N4O/c1-3-4-20-15-6-12(16)5-13(7-15)19-10-14-9-17-11(2)8-18-14/h5-9,19H,3-4,10,16H2,1-2H3. The van der Waals surface area contributed by atoms with Gasteiger partial charge in [0.25, 0.3) is 0 Å². The maximum absolute atomic E-state index is 5.87. The molecule has 5 nitrogen and oxygen atoms in total. The number of anilines is 2. The average Bonchev–Trinajstić information content (AvgIpc) is 2.44. The highest BCUT2D eigenvalue weighted by Gasteiger charge is 2.01. The first-order valence-corrected chi connectivity index (χ1v) is 6.72. The van der Waals surface area contributed by atoms with Crippen molar-refractivity contribution in [3.8, 4) is 5.75 Å². The van der Waals surface area contributed by atoms with Crippen LogP contribution in [0.4, 0.5) is 11.4 Å². The Morgan fingerprint density at radius 2 is 2.05 bits per heavy atom. The molecule has 0 amide bonds. The summed E-state index contributed by atoms with van der Waals surface area (Å²) in [5, 5.41) is 3.28. The van der Waals surface area contributed by atoms with Gasteiger partial charge in [-0.1, -0.05) is 6.92 Å². The van der Waals surface area contributed by atoms with E-state index in [1.807, 2.05) is 25.1 Å². The lowest BCUT2D eigenvalue weighted by atomic mass is 10.2. The number of nitrogens with two attached hydrogens (primary N) is 1. The predicted octanol–water partition coefficient (Wildman–Crippen LogP) is 2.77. The van der Waals surface area contributed by atoms with Crippen molar-refractivity contribution < 1.29 is 4.74 Å². The minimum absolute atomic E-state index is 0.601. The fraction of sp³-hybridized carbons (Fsp3) is 0.333. The van der Waals surface area contributed by atoms with Crippen LogP contribution in [-0.4, -0.2) is 16.6 Å². The van der Waals surface area contributed by atoms with Crippen LogP contribution in [0, 0.1) is 6.92 Å². The van der Waals surface area contributed by atoms with Crippen LogP contribution in [0.2, 0.25) is 0 Å². The number of nitrogen functional groups attached to an aromatic ring is 1. The molecule has 0 saturated carbocycles. The number of hydrogen-bond acceptors (Lipinski definition) is 5. The number of hydrogen-bond donors (Lipinski definition) is 2. The number of ether oxygens (including phenoxy) is 1. The van der Waals surface area contributed by atoms with Gasteiger partial charge in [-0.2, -0.15) is 0 Å². The quantitative estimate of drug-likeness (QED) is 0.791. The summed E-state index contributed by atoms with van der Waals surface area (Å²) in [4.78, 5) is 8.52. The molecule has 1 heterocycles. The highest BCUT2D eigenvalue weighted by atomic mass is 16.5. The first-order chi connectivity index (χ1) is 9.67. The molecule has 1 aromatic heterocycles. The first kappa shape index (κ1) is 14.1. The molecular formula is C15H20N4O. The van der Waals surface area contributed by atoms with Gasteiger partial charge in [0, 0.05) is 29.7 Å². The smallest absolute Gasteiger partial charge is 0.123 e. The van der Waals surface area contributed by atoms with E-state index < -0.39 is 0 Å². The third-order valence-corrected chi connectivity index (χ3v) is 2.71. The van der Waals surface area contributed by atoms with Gasteiger partial charge in [0.1, 0.15) is 5.75 Å². The van der Waals surface area contributed by atoms with Gasteiger partial charge >= 0.3 is 0 Å². The Kier molecular flexibility index (Phi) is 4.76. The summed E-state index contributed by atoms with van der Waals surface area (Å²) >= 11 is 0. The zero-order chi connectivity index (χ0) is 14.4. The fourth-order valence-electron chi connectivity index (χ4n) is 1.73. The Balaban J connectivity index is 2.01. The second kappa shape index (κ2) is 6.75. The molecule has 3 N–H and O–H groups in total. The maximum Gasteiger partial charge on any atom is 0.123 e.